The van der Waals surface area contributed by atoms with Crippen molar-refractivity contribution in [2.75, 3.05) is 50.0 Å². The predicted molar refractivity (Wildman–Crippen MR) is 108 cm³/mol. The number of nitrogens with zero attached hydrogens (tertiary/aromatic N) is 4. The third kappa shape index (κ3) is 4.53. The minimum atomic E-state index is -0.101. The highest BCUT2D eigenvalue weighted by atomic mass is 32.1. The van der Waals surface area contributed by atoms with Crippen LogP contribution in [-0.4, -0.2) is 60.6 Å². The Bertz CT molecular complexity index is 739. The average Bonchev–Trinajstić information content (AvgIpc) is 3.07. The summed E-state index contributed by atoms with van der Waals surface area (Å²) < 4.78 is 0. The Labute approximate surface area is 159 Å². The number of carbonyl (C=O) groups excluding carboxylic acids is 1. The first-order chi connectivity index (χ1) is 12.6. The molecule has 0 aliphatic carbocycles. The SMILES string of the molecule is CCN1CCN(c2ccccc2NC(=O)N(C)Cc2cnc(C)s2)CC1. The highest BCUT2D eigenvalue weighted by Crippen LogP contribution is 2.27. The molecule has 1 saturated heterocycles. The standard InChI is InChI=1S/C19H27N5OS/c1-4-23-9-11-24(12-10-23)18-8-6-5-7-17(18)21-19(25)22(3)14-16-13-20-15(2)26-16/h5-8,13H,4,9-12,14H2,1-3H3,(H,21,25). The predicted octanol–water partition coefficient (Wildman–Crippen LogP) is 3.26. The van der Waals surface area contributed by atoms with Gasteiger partial charge in [0.2, 0.25) is 0 Å². The van der Waals surface area contributed by atoms with Crippen LogP contribution in [0.1, 0.15) is 16.8 Å². The van der Waals surface area contributed by atoms with E-state index in [1.807, 2.05) is 38.4 Å². The molecule has 6 nitrogen and oxygen atoms in total. The number of amides is 2. The number of thiazole rings is 1. The second-order valence-electron chi connectivity index (χ2n) is 6.57. The number of aromatic nitrogens is 1. The molecule has 1 aromatic heterocycles. The largest absolute Gasteiger partial charge is 0.367 e. The lowest BCUT2D eigenvalue weighted by atomic mass is 10.2. The molecule has 26 heavy (non-hydrogen) atoms. The summed E-state index contributed by atoms with van der Waals surface area (Å²) in [5, 5.41) is 4.09. The van der Waals surface area contributed by atoms with Crippen molar-refractivity contribution in [1.29, 1.82) is 0 Å². The maximum absolute atomic E-state index is 12.6. The van der Waals surface area contributed by atoms with Crippen LogP contribution in [0.5, 0.6) is 0 Å². The van der Waals surface area contributed by atoms with E-state index in [-0.39, 0.29) is 6.03 Å². The van der Waals surface area contributed by atoms with Crippen molar-refractivity contribution in [3.8, 4) is 0 Å². The molecule has 0 bridgehead atoms. The fourth-order valence-electron chi connectivity index (χ4n) is 3.15. The van der Waals surface area contributed by atoms with E-state index in [1.165, 1.54) is 0 Å². The summed E-state index contributed by atoms with van der Waals surface area (Å²) in [4.78, 5) is 24.5. The highest BCUT2D eigenvalue weighted by molar-refractivity contribution is 7.11. The number of hydrogen-bond acceptors (Lipinski definition) is 5. The van der Waals surface area contributed by atoms with Crippen LogP contribution in [0.3, 0.4) is 0 Å². The van der Waals surface area contributed by atoms with Crippen LogP contribution >= 0.6 is 11.3 Å². The summed E-state index contributed by atoms with van der Waals surface area (Å²) >= 11 is 1.62. The quantitative estimate of drug-likeness (QED) is 0.874. The van der Waals surface area contributed by atoms with E-state index in [0.717, 1.165) is 54.0 Å². The smallest absolute Gasteiger partial charge is 0.321 e. The van der Waals surface area contributed by atoms with Crippen molar-refractivity contribution >= 4 is 28.7 Å². The molecule has 1 aliphatic heterocycles. The molecule has 2 amide bonds. The molecule has 1 fully saturated rings. The number of hydrogen-bond donors (Lipinski definition) is 1. The molecule has 1 aliphatic rings. The molecule has 1 N–H and O–H groups in total. The fraction of sp³-hybridized carbons (Fsp3) is 0.474. The van der Waals surface area contributed by atoms with Crippen molar-refractivity contribution in [3.05, 3.63) is 40.3 Å². The number of rotatable bonds is 5. The zero-order chi connectivity index (χ0) is 18.5. The summed E-state index contributed by atoms with van der Waals surface area (Å²) in [6.07, 6.45) is 1.84. The van der Waals surface area contributed by atoms with E-state index in [2.05, 4.69) is 33.1 Å². The van der Waals surface area contributed by atoms with Gasteiger partial charge in [-0.1, -0.05) is 19.1 Å². The molecular formula is C19H27N5OS. The fourth-order valence-corrected chi connectivity index (χ4v) is 4.00. The molecule has 0 atom stereocenters. The Hall–Kier alpha value is -2.12. The first kappa shape index (κ1) is 18.7. The van der Waals surface area contributed by atoms with E-state index < -0.39 is 0 Å². The number of benzene rings is 1. The molecule has 7 heteroatoms. The summed E-state index contributed by atoms with van der Waals surface area (Å²) in [5.74, 6) is 0. The van der Waals surface area contributed by atoms with Crippen molar-refractivity contribution in [3.63, 3.8) is 0 Å². The molecule has 0 saturated carbocycles. The molecular weight excluding hydrogens is 346 g/mol. The highest BCUT2D eigenvalue weighted by Gasteiger charge is 2.19. The molecule has 3 rings (SSSR count). The van der Waals surface area contributed by atoms with Gasteiger partial charge in [0.25, 0.3) is 0 Å². The average molecular weight is 374 g/mol. The van der Waals surface area contributed by atoms with Crippen LogP contribution in [0.2, 0.25) is 0 Å². The van der Waals surface area contributed by atoms with Gasteiger partial charge >= 0.3 is 6.03 Å². The number of carbonyl (C=O) groups is 1. The van der Waals surface area contributed by atoms with E-state index in [1.54, 1.807) is 16.2 Å². The summed E-state index contributed by atoms with van der Waals surface area (Å²) in [6.45, 7) is 9.91. The van der Waals surface area contributed by atoms with Gasteiger partial charge in [-0.3, -0.25) is 0 Å². The van der Waals surface area contributed by atoms with Crippen molar-refractivity contribution in [2.24, 2.45) is 0 Å². The number of anilines is 2. The number of nitrogens with one attached hydrogen (secondary N) is 1. The lowest BCUT2D eigenvalue weighted by molar-refractivity contribution is 0.221. The van der Waals surface area contributed by atoms with Crippen LogP contribution < -0.4 is 10.2 Å². The normalized spacial score (nSPS) is 15.1. The number of urea groups is 1. The van der Waals surface area contributed by atoms with Gasteiger partial charge in [-0.15, -0.1) is 11.3 Å². The maximum Gasteiger partial charge on any atom is 0.321 e. The third-order valence-corrected chi connectivity index (χ3v) is 5.61. The van der Waals surface area contributed by atoms with E-state index in [0.29, 0.717) is 6.54 Å². The minimum Gasteiger partial charge on any atom is -0.367 e. The van der Waals surface area contributed by atoms with Gasteiger partial charge < -0.3 is 20.0 Å². The van der Waals surface area contributed by atoms with Crippen LogP contribution in [0.4, 0.5) is 16.2 Å². The molecule has 2 aromatic rings. The molecule has 0 unspecified atom stereocenters. The summed E-state index contributed by atoms with van der Waals surface area (Å²) in [6, 6.07) is 7.96. The molecule has 1 aromatic carbocycles. The topological polar surface area (TPSA) is 51.7 Å². The van der Waals surface area contributed by atoms with Crippen LogP contribution in [0.15, 0.2) is 30.5 Å². The van der Waals surface area contributed by atoms with E-state index in [4.69, 9.17) is 0 Å². The van der Waals surface area contributed by atoms with Crippen LogP contribution in [0, 0.1) is 6.92 Å². The number of piperazine rings is 1. The second kappa shape index (κ2) is 8.51. The first-order valence-electron chi connectivity index (χ1n) is 9.06. The lowest BCUT2D eigenvalue weighted by Gasteiger charge is -2.36. The Balaban J connectivity index is 1.65. The number of para-hydroxylation sites is 2. The van der Waals surface area contributed by atoms with Gasteiger partial charge in [-0.05, 0) is 25.6 Å². The zero-order valence-electron chi connectivity index (χ0n) is 15.7. The van der Waals surface area contributed by atoms with Gasteiger partial charge in [0.05, 0.1) is 22.9 Å². The summed E-state index contributed by atoms with van der Waals surface area (Å²) in [5.41, 5.74) is 1.97. The first-order valence-corrected chi connectivity index (χ1v) is 9.88. The Morgan fingerprint density at radius 2 is 2.00 bits per heavy atom. The Morgan fingerprint density at radius 3 is 2.65 bits per heavy atom. The lowest BCUT2D eigenvalue weighted by Crippen LogP contribution is -2.46. The van der Waals surface area contributed by atoms with Crippen molar-refractivity contribution in [2.45, 2.75) is 20.4 Å². The molecule has 0 spiro atoms. The van der Waals surface area contributed by atoms with Gasteiger partial charge in [0.15, 0.2) is 0 Å². The number of aryl methyl sites for hydroxylation is 1. The van der Waals surface area contributed by atoms with E-state index >= 15 is 0 Å². The minimum absolute atomic E-state index is 0.101. The van der Waals surface area contributed by atoms with Gasteiger partial charge in [0.1, 0.15) is 0 Å². The van der Waals surface area contributed by atoms with Gasteiger partial charge in [-0.2, -0.15) is 0 Å². The zero-order valence-corrected chi connectivity index (χ0v) is 16.6. The van der Waals surface area contributed by atoms with E-state index in [9.17, 15) is 4.79 Å². The summed E-state index contributed by atoms with van der Waals surface area (Å²) in [7, 11) is 1.81. The second-order valence-corrected chi connectivity index (χ2v) is 7.89. The van der Waals surface area contributed by atoms with Crippen LogP contribution in [0.25, 0.3) is 0 Å². The van der Waals surface area contributed by atoms with Gasteiger partial charge in [0, 0.05) is 44.3 Å². The monoisotopic (exact) mass is 373 g/mol. The third-order valence-electron chi connectivity index (χ3n) is 4.71. The Morgan fingerprint density at radius 1 is 1.27 bits per heavy atom. The van der Waals surface area contributed by atoms with Crippen LogP contribution in [-0.2, 0) is 6.54 Å². The number of likely N-dealkylation sites (N-methyl/N-ethyl adjacent to an activating group) is 1. The maximum atomic E-state index is 12.6. The molecule has 2 heterocycles. The van der Waals surface area contributed by atoms with Crippen molar-refractivity contribution in [1.82, 2.24) is 14.8 Å². The Kier molecular flexibility index (Phi) is 6.11. The van der Waals surface area contributed by atoms with Gasteiger partial charge in [-0.25, -0.2) is 9.78 Å². The molecule has 140 valence electrons. The van der Waals surface area contributed by atoms with Crippen molar-refractivity contribution < 1.29 is 4.79 Å². The molecule has 0 radical (unpaired) electrons.